The summed E-state index contributed by atoms with van der Waals surface area (Å²) in [6.07, 6.45) is 0. The Kier molecular flexibility index (Phi) is 5.49. The average molecular weight is 349 g/mol. The number of nitro groups is 1. The van der Waals surface area contributed by atoms with Gasteiger partial charge in [0, 0.05) is 22.8 Å². The van der Waals surface area contributed by atoms with Crippen molar-refractivity contribution in [1.29, 1.82) is 0 Å². The smallest absolute Gasteiger partial charge is 0.338 e. The van der Waals surface area contributed by atoms with Gasteiger partial charge in [-0.3, -0.25) is 14.9 Å². The normalized spacial score (nSPS) is 10.1. The number of nitro benzene ring substituents is 1. The van der Waals surface area contributed by atoms with Crippen molar-refractivity contribution in [2.24, 2.45) is 0 Å². The third kappa shape index (κ3) is 4.53. The number of aryl methyl sites for hydroxylation is 1. The second-order valence-electron chi connectivity index (χ2n) is 4.89. The van der Waals surface area contributed by atoms with Gasteiger partial charge in [-0.25, -0.2) is 4.79 Å². The van der Waals surface area contributed by atoms with Crippen LogP contribution in [0.1, 0.15) is 15.9 Å². The highest BCUT2D eigenvalue weighted by atomic mass is 35.5. The first-order valence-corrected chi connectivity index (χ1v) is 7.22. The Morgan fingerprint density at radius 2 is 1.88 bits per heavy atom. The van der Waals surface area contributed by atoms with Crippen LogP contribution in [-0.2, 0) is 9.53 Å². The van der Waals surface area contributed by atoms with E-state index in [4.69, 9.17) is 16.3 Å². The molecule has 2 aromatic carbocycles. The van der Waals surface area contributed by atoms with Gasteiger partial charge in [-0.1, -0.05) is 17.7 Å². The van der Waals surface area contributed by atoms with Crippen LogP contribution in [0.3, 0.4) is 0 Å². The summed E-state index contributed by atoms with van der Waals surface area (Å²) in [5, 5.41) is 13.6. The molecule has 0 aliphatic heterocycles. The fourth-order valence-corrected chi connectivity index (χ4v) is 1.98. The number of amides is 1. The molecule has 0 atom stereocenters. The summed E-state index contributed by atoms with van der Waals surface area (Å²) in [4.78, 5) is 33.5. The largest absolute Gasteiger partial charge is 0.452 e. The fourth-order valence-electron chi connectivity index (χ4n) is 1.80. The number of halogens is 1. The molecule has 0 aliphatic rings. The first-order valence-electron chi connectivity index (χ1n) is 6.84. The summed E-state index contributed by atoms with van der Waals surface area (Å²) in [7, 11) is 0. The third-order valence-corrected chi connectivity index (χ3v) is 3.51. The highest BCUT2D eigenvalue weighted by Gasteiger charge is 2.12. The summed E-state index contributed by atoms with van der Waals surface area (Å²) in [5.41, 5.74) is 1.34. The van der Waals surface area contributed by atoms with Crippen molar-refractivity contribution in [2.45, 2.75) is 6.92 Å². The van der Waals surface area contributed by atoms with Crippen molar-refractivity contribution < 1.29 is 19.2 Å². The van der Waals surface area contributed by atoms with E-state index in [0.29, 0.717) is 10.7 Å². The Bertz CT molecular complexity index is 790. The van der Waals surface area contributed by atoms with Crippen LogP contribution in [0.4, 0.5) is 11.4 Å². The molecule has 0 saturated carbocycles. The minimum Gasteiger partial charge on any atom is -0.452 e. The topological polar surface area (TPSA) is 98.5 Å². The van der Waals surface area contributed by atoms with Crippen molar-refractivity contribution in [3.63, 3.8) is 0 Å². The molecule has 24 heavy (non-hydrogen) atoms. The molecule has 8 heteroatoms. The molecule has 0 aliphatic carbocycles. The van der Waals surface area contributed by atoms with Crippen molar-refractivity contribution in [3.8, 4) is 0 Å². The number of non-ortho nitro benzene ring substituents is 1. The third-order valence-electron chi connectivity index (χ3n) is 3.10. The number of hydrogen-bond donors (Lipinski definition) is 1. The van der Waals surface area contributed by atoms with Crippen LogP contribution >= 0.6 is 11.6 Å². The van der Waals surface area contributed by atoms with E-state index in [0.717, 1.165) is 5.56 Å². The maximum atomic E-state index is 11.8. The van der Waals surface area contributed by atoms with Crippen LogP contribution in [0.2, 0.25) is 5.02 Å². The lowest BCUT2D eigenvalue weighted by atomic mass is 10.2. The van der Waals surface area contributed by atoms with E-state index in [-0.39, 0.29) is 11.3 Å². The molecule has 0 heterocycles. The predicted molar refractivity (Wildman–Crippen MR) is 88.2 cm³/mol. The second-order valence-corrected chi connectivity index (χ2v) is 5.30. The first-order chi connectivity index (χ1) is 11.4. The van der Waals surface area contributed by atoms with Crippen LogP contribution in [0.15, 0.2) is 42.5 Å². The quantitative estimate of drug-likeness (QED) is 0.507. The van der Waals surface area contributed by atoms with Gasteiger partial charge in [0.15, 0.2) is 6.61 Å². The van der Waals surface area contributed by atoms with Gasteiger partial charge >= 0.3 is 5.97 Å². The molecule has 1 N–H and O–H groups in total. The zero-order valence-electron chi connectivity index (χ0n) is 12.6. The SMILES string of the molecule is Cc1ccc(NC(=O)COC(=O)c2ccc([N+](=O)[O-])cc2)cc1Cl. The maximum absolute atomic E-state index is 11.8. The standard InChI is InChI=1S/C16H13ClN2O5/c1-10-2-5-12(8-14(10)17)18-15(20)9-24-16(21)11-3-6-13(7-4-11)19(22)23/h2-8H,9H2,1H3,(H,18,20). The van der Waals surface area contributed by atoms with E-state index in [1.165, 1.54) is 24.3 Å². The van der Waals surface area contributed by atoms with Crippen molar-refractivity contribution in [1.82, 2.24) is 0 Å². The fraction of sp³-hybridized carbons (Fsp3) is 0.125. The molecule has 2 aromatic rings. The van der Waals surface area contributed by atoms with Gasteiger partial charge in [-0.2, -0.15) is 0 Å². The minimum atomic E-state index is -0.748. The number of anilines is 1. The number of carbonyl (C=O) groups is 2. The number of esters is 1. The van der Waals surface area contributed by atoms with E-state index in [1.54, 1.807) is 18.2 Å². The van der Waals surface area contributed by atoms with Crippen LogP contribution in [0.5, 0.6) is 0 Å². The summed E-state index contributed by atoms with van der Waals surface area (Å²) in [5.74, 6) is -1.27. The van der Waals surface area contributed by atoms with E-state index in [1.807, 2.05) is 6.92 Å². The lowest BCUT2D eigenvalue weighted by molar-refractivity contribution is -0.384. The summed E-state index contributed by atoms with van der Waals surface area (Å²) < 4.78 is 4.86. The van der Waals surface area contributed by atoms with E-state index in [9.17, 15) is 19.7 Å². The number of nitrogens with zero attached hydrogens (tertiary/aromatic N) is 1. The number of ether oxygens (including phenoxy) is 1. The lowest BCUT2D eigenvalue weighted by Gasteiger charge is -2.08. The second kappa shape index (κ2) is 7.56. The van der Waals surface area contributed by atoms with Crippen molar-refractivity contribution >= 4 is 34.9 Å². The zero-order valence-corrected chi connectivity index (χ0v) is 13.4. The average Bonchev–Trinajstić information content (AvgIpc) is 2.56. The van der Waals surface area contributed by atoms with E-state index < -0.39 is 23.4 Å². The Hall–Kier alpha value is -2.93. The molecule has 0 fully saturated rings. The molecule has 7 nitrogen and oxygen atoms in total. The molecule has 0 spiro atoms. The summed E-state index contributed by atoms with van der Waals surface area (Å²) in [6, 6.07) is 9.91. The molecule has 0 radical (unpaired) electrons. The zero-order chi connectivity index (χ0) is 17.7. The number of carbonyl (C=O) groups excluding carboxylic acids is 2. The van der Waals surface area contributed by atoms with E-state index in [2.05, 4.69) is 5.32 Å². The number of rotatable bonds is 5. The monoisotopic (exact) mass is 348 g/mol. The van der Waals surface area contributed by atoms with Crippen LogP contribution in [-0.4, -0.2) is 23.4 Å². The molecule has 2 rings (SSSR count). The van der Waals surface area contributed by atoms with Gasteiger partial charge in [0.2, 0.25) is 0 Å². The van der Waals surface area contributed by atoms with Crippen molar-refractivity contribution in [3.05, 3.63) is 68.7 Å². The Morgan fingerprint density at radius 3 is 2.46 bits per heavy atom. The van der Waals surface area contributed by atoms with Gasteiger partial charge in [-0.15, -0.1) is 0 Å². The Morgan fingerprint density at radius 1 is 1.21 bits per heavy atom. The Balaban J connectivity index is 1.89. The van der Waals surface area contributed by atoms with Gasteiger partial charge in [0.1, 0.15) is 0 Å². The molecular formula is C16H13ClN2O5. The molecule has 0 saturated heterocycles. The van der Waals surface area contributed by atoms with Crippen molar-refractivity contribution in [2.75, 3.05) is 11.9 Å². The molecule has 0 aromatic heterocycles. The molecule has 124 valence electrons. The van der Waals surface area contributed by atoms with Crippen LogP contribution in [0.25, 0.3) is 0 Å². The highest BCUT2D eigenvalue weighted by Crippen LogP contribution is 2.20. The molecule has 0 bridgehead atoms. The number of nitrogens with one attached hydrogen (secondary N) is 1. The summed E-state index contributed by atoms with van der Waals surface area (Å²) in [6.45, 7) is 1.35. The number of benzene rings is 2. The van der Waals surface area contributed by atoms with Gasteiger partial charge in [0.05, 0.1) is 10.5 Å². The molecule has 1 amide bonds. The Labute approximate surface area is 142 Å². The first kappa shape index (κ1) is 17.4. The van der Waals surface area contributed by atoms with Crippen LogP contribution < -0.4 is 5.32 Å². The van der Waals surface area contributed by atoms with Gasteiger partial charge < -0.3 is 10.1 Å². The van der Waals surface area contributed by atoms with E-state index >= 15 is 0 Å². The van der Waals surface area contributed by atoms with Gasteiger partial charge in [0.25, 0.3) is 11.6 Å². The van der Waals surface area contributed by atoms with Gasteiger partial charge in [-0.05, 0) is 36.8 Å². The minimum absolute atomic E-state index is 0.117. The summed E-state index contributed by atoms with van der Waals surface area (Å²) >= 11 is 5.96. The maximum Gasteiger partial charge on any atom is 0.338 e. The predicted octanol–water partition coefficient (Wildman–Crippen LogP) is 3.35. The highest BCUT2D eigenvalue weighted by molar-refractivity contribution is 6.31. The molecule has 0 unspecified atom stereocenters. The lowest BCUT2D eigenvalue weighted by Crippen LogP contribution is -2.20. The molecular weight excluding hydrogens is 336 g/mol. The van der Waals surface area contributed by atoms with Crippen LogP contribution in [0, 0.1) is 17.0 Å². The number of hydrogen-bond acceptors (Lipinski definition) is 5.